The molecule has 0 radical (unpaired) electrons. The summed E-state index contributed by atoms with van der Waals surface area (Å²) in [5, 5.41) is 0. The Hall–Kier alpha value is -1.13. The summed E-state index contributed by atoms with van der Waals surface area (Å²) in [5.41, 5.74) is 8.20. The van der Waals surface area contributed by atoms with Crippen LogP contribution in [0.15, 0.2) is 12.3 Å². The molecular formula is C9H12N2O2. The van der Waals surface area contributed by atoms with Crippen LogP contribution in [0.3, 0.4) is 0 Å². The molecule has 2 heterocycles. The van der Waals surface area contributed by atoms with E-state index in [0.29, 0.717) is 24.6 Å². The van der Waals surface area contributed by atoms with Crippen molar-refractivity contribution in [2.75, 3.05) is 18.9 Å². The van der Waals surface area contributed by atoms with Gasteiger partial charge < -0.3 is 15.2 Å². The number of anilines is 1. The van der Waals surface area contributed by atoms with Crippen LogP contribution < -0.4 is 5.73 Å². The Morgan fingerprint density at radius 1 is 1.46 bits per heavy atom. The zero-order valence-corrected chi connectivity index (χ0v) is 7.49. The molecule has 0 bridgehead atoms. The molecular weight excluding hydrogens is 168 g/mol. The summed E-state index contributed by atoms with van der Waals surface area (Å²) < 4.78 is 10.6. The standard InChI is InChI=1S/C9H12N2O2/c1-6-2-3-11-8(7(6)10)9-12-4-5-13-9/h2-3,9H,4-5,10H2,1H3. The normalized spacial score (nSPS) is 17.9. The van der Waals surface area contributed by atoms with Gasteiger partial charge in [-0.25, -0.2) is 0 Å². The van der Waals surface area contributed by atoms with Gasteiger partial charge in [0.2, 0.25) is 6.29 Å². The molecule has 0 aromatic carbocycles. The summed E-state index contributed by atoms with van der Waals surface area (Å²) >= 11 is 0. The first-order valence-corrected chi connectivity index (χ1v) is 4.23. The van der Waals surface area contributed by atoms with Crippen LogP contribution in [0, 0.1) is 6.92 Å². The van der Waals surface area contributed by atoms with Gasteiger partial charge in [0, 0.05) is 6.20 Å². The summed E-state index contributed by atoms with van der Waals surface area (Å²) in [6.45, 7) is 3.16. The highest BCUT2D eigenvalue weighted by atomic mass is 16.7. The van der Waals surface area contributed by atoms with E-state index in [1.807, 2.05) is 13.0 Å². The van der Waals surface area contributed by atoms with Crippen molar-refractivity contribution in [1.29, 1.82) is 0 Å². The van der Waals surface area contributed by atoms with Gasteiger partial charge in [-0.1, -0.05) is 0 Å². The molecule has 1 saturated heterocycles. The smallest absolute Gasteiger partial charge is 0.203 e. The van der Waals surface area contributed by atoms with Crippen LogP contribution in [-0.2, 0) is 9.47 Å². The molecule has 1 aromatic rings. The van der Waals surface area contributed by atoms with Crippen molar-refractivity contribution in [3.63, 3.8) is 0 Å². The maximum atomic E-state index is 5.84. The summed E-state index contributed by atoms with van der Waals surface area (Å²) in [4.78, 5) is 4.15. The monoisotopic (exact) mass is 180 g/mol. The molecule has 1 aliphatic heterocycles. The zero-order chi connectivity index (χ0) is 9.26. The lowest BCUT2D eigenvalue weighted by Crippen LogP contribution is -2.06. The number of nitrogens with zero attached hydrogens (tertiary/aromatic N) is 1. The number of ether oxygens (including phenoxy) is 2. The summed E-state index contributed by atoms with van der Waals surface area (Å²) in [6.07, 6.45) is 1.34. The SMILES string of the molecule is Cc1ccnc(C2OCCO2)c1N. The van der Waals surface area contributed by atoms with Gasteiger partial charge in [-0.05, 0) is 18.6 Å². The van der Waals surface area contributed by atoms with Gasteiger partial charge in [0.25, 0.3) is 0 Å². The van der Waals surface area contributed by atoms with Crippen LogP contribution in [-0.4, -0.2) is 18.2 Å². The topological polar surface area (TPSA) is 57.4 Å². The largest absolute Gasteiger partial charge is 0.397 e. The fourth-order valence-corrected chi connectivity index (χ4v) is 1.29. The van der Waals surface area contributed by atoms with Crippen molar-refractivity contribution in [1.82, 2.24) is 4.98 Å². The second-order valence-corrected chi connectivity index (χ2v) is 3.00. The third-order valence-corrected chi connectivity index (χ3v) is 2.08. The molecule has 0 spiro atoms. The third kappa shape index (κ3) is 1.50. The highest BCUT2D eigenvalue weighted by Crippen LogP contribution is 2.27. The van der Waals surface area contributed by atoms with E-state index in [0.717, 1.165) is 5.56 Å². The molecule has 0 atom stereocenters. The zero-order valence-electron chi connectivity index (χ0n) is 7.49. The van der Waals surface area contributed by atoms with E-state index in [1.165, 1.54) is 0 Å². The van der Waals surface area contributed by atoms with Crippen molar-refractivity contribution in [3.8, 4) is 0 Å². The first kappa shape index (κ1) is 8.47. The number of aromatic nitrogens is 1. The van der Waals surface area contributed by atoms with Crippen molar-refractivity contribution in [2.24, 2.45) is 0 Å². The lowest BCUT2D eigenvalue weighted by molar-refractivity contribution is -0.0467. The number of hydrogen-bond donors (Lipinski definition) is 1. The minimum atomic E-state index is -0.375. The van der Waals surface area contributed by atoms with Gasteiger partial charge in [0.1, 0.15) is 5.69 Å². The molecule has 0 unspecified atom stereocenters. The second kappa shape index (κ2) is 3.32. The molecule has 1 aliphatic rings. The molecule has 4 nitrogen and oxygen atoms in total. The van der Waals surface area contributed by atoms with Crippen LogP contribution in [0.5, 0.6) is 0 Å². The average Bonchev–Trinajstić information content (AvgIpc) is 2.62. The maximum absolute atomic E-state index is 5.84. The van der Waals surface area contributed by atoms with E-state index < -0.39 is 0 Å². The molecule has 2 N–H and O–H groups in total. The number of hydrogen-bond acceptors (Lipinski definition) is 4. The van der Waals surface area contributed by atoms with Crippen molar-refractivity contribution in [3.05, 3.63) is 23.5 Å². The van der Waals surface area contributed by atoms with Crippen molar-refractivity contribution >= 4 is 5.69 Å². The minimum absolute atomic E-state index is 0.375. The van der Waals surface area contributed by atoms with Gasteiger partial charge in [0.15, 0.2) is 0 Å². The molecule has 1 fully saturated rings. The molecule has 0 aliphatic carbocycles. The molecule has 0 amide bonds. The van der Waals surface area contributed by atoms with Crippen molar-refractivity contribution in [2.45, 2.75) is 13.2 Å². The lowest BCUT2D eigenvalue weighted by atomic mass is 10.2. The molecule has 70 valence electrons. The first-order valence-electron chi connectivity index (χ1n) is 4.23. The number of pyridine rings is 1. The molecule has 2 rings (SSSR count). The van der Waals surface area contributed by atoms with E-state index in [4.69, 9.17) is 15.2 Å². The fraction of sp³-hybridized carbons (Fsp3) is 0.444. The van der Waals surface area contributed by atoms with E-state index in [1.54, 1.807) is 6.20 Å². The van der Waals surface area contributed by atoms with Crippen LogP contribution in [0.4, 0.5) is 5.69 Å². The van der Waals surface area contributed by atoms with Gasteiger partial charge in [-0.2, -0.15) is 0 Å². The fourth-order valence-electron chi connectivity index (χ4n) is 1.29. The van der Waals surface area contributed by atoms with Gasteiger partial charge in [-0.15, -0.1) is 0 Å². The molecule has 1 aromatic heterocycles. The quantitative estimate of drug-likeness (QED) is 0.701. The van der Waals surface area contributed by atoms with Gasteiger partial charge in [0.05, 0.1) is 18.9 Å². The van der Waals surface area contributed by atoms with Crippen molar-refractivity contribution < 1.29 is 9.47 Å². The van der Waals surface area contributed by atoms with Crippen LogP contribution in [0.2, 0.25) is 0 Å². The Morgan fingerprint density at radius 3 is 2.85 bits per heavy atom. The Kier molecular flexibility index (Phi) is 2.16. The first-order chi connectivity index (χ1) is 6.29. The average molecular weight is 180 g/mol. The molecule has 0 saturated carbocycles. The van der Waals surface area contributed by atoms with Crippen LogP contribution >= 0.6 is 0 Å². The summed E-state index contributed by atoms with van der Waals surface area (Å²) in [6, 6.07) is 1.87. The third-order valence-electron chi connectivity index (χ3n) is 2.08. The highest BCUT2D eigenvalue weighted by Gasteiger charge is 2.22. The van der Waals surface area contributed by atoms with Gasteiger partial charge >= 0.3 is 0 Å². The van der Waals surface area contributed by atoms with Crippen LogP contribution in [0.1, 0.15) is 17.5 Å². The second-order valence-electron chi connectivity index (χ2n) is 3.00. The van der Waals surface area contributed by atoms with E-state index >= 15 is 0 Å². The van der Waals surface area contributed by atoms with E-state index in [9.17, 15) is 0 Å². The summed E-state index contributed by atoms with van der Waals surface area (Å²) in [5.74, 6) is 0. The maximum Gasteiger partial charge on any atom is 0.203 e. The summed E-state index contributed by atoms with van der Waals surface area (Å²) in [7, 11) is 0. The number of aryl methyl sites for hydroxylation is 1. The Balaban J connectivity index is 2.33. The predicted octanol–water partition coefficient (Wildman–Crippen LogP) is 1.02. The number of rotatable bonds is 1. The molecule has 13 heavy (non-hydrogen) atoms. The lowest BCUT2D eigenvalue weighted by Gasteiger charge is -2.11. The Bertz CT molecular complexity index is 308. The highest BCUT2D eigenvalue weighted by molar-refractivity contribution is 5.50. The van der Waals surface area contributed by atoms with E-state index in [-0.39, 0.29) is 6.29 Å². The minimum Gasteiger partial charge on any atom is -0.397 e. The van der Waals surface area contributed by atoms with Gasteiger partial charge in [-0.3, -0.25) is 4.98 Å². The van der Waals surface area contributed by atoms with Crippen LogP contribution in [0.25, 0.3) is 0 Å². The number of nitrogens with two attached hydrogens (primary N) is 1. The number of nitrogen functional groups attached to an aromatic ring is 1. The Labute approximate surface area is 76.7 Å². The Morgan fingerprint density at radius 2 is 2.15 bits per heavy atom. The predicted molar refractivity (Wildman–Crippen MR) is 48.0 cm³/mol. The molecule has 4 heteroatoms. The van der Waals surface area contributed by atoms with E-state index in [2.05, 4.69) is 4.98 Å².